The first-order valence-electron chi connectivity index (χ1n) is 6.22. The lowest BCUT2D eigenvalue weighted by atomic mass is 10.0. The van der Waals surface area contributed by atoms with Crippen LogP contribution in [0, 0.1) is 5.92 Å². The zero-order chi connectivity index (χ0) is 14.3. The van der Waals surface area contributed by atoms with Gasteiger partial charge < -0.3 is 10.4 Å². The smallest absolute Gasteiger partial charge is 0.244 e. The molecule has 2 N–H and O–H groups in total. The summed E-state index contributed by atoms with van der Waals surface area (Å²) in [6.07, 6.45) is 5.41. The van der Waals surface area contributed by atoms with Crippen LogP contribution in [-0.2, 0) is 4.79 Å². The Bertz CT molecular complexity index is 447. The van der Waals surface area contributed by atoms with Crippen LogP contribution in [0.2, 0.25) is 5.15 Å². The molecule has 1 aromatic heterocycles. The van der Waals surface area contributed by atoms with Crippen LogP contribution in [0.3, 0.4) is 0 Å². The maximum atomic E-state index is 11.7. The number of halogens is 1. The summed E-state index contributed by atoms with van der Waals surface area (Å²) in [7, 11) is 0. The van der Waals surface area contributed by atoms with Gasteiger partial charge in [-0.15, -0.1) is 0 Å². The molecule has 0 fully saturated rings. The molecule has 0 aromatic carbocycles. The van der Waals surface area contributed by atoms with Gasteiger partial charge in [0.1, 0.15) is 5.15 Å². The number of hydrogen-bond acceptors (Lipinski definition) is 3. The van der Waals surface area contributed by atoms with E-state index in [4.69, 9.17) is 11.6 Å². The first-order valence-corrected chi connectivity index (χ1v) is 6.60. The third-order valence-corrected chi connectivity index (χ3v) is 2.71. The van der Waals surface area contributed by atoms with E-state index in [0.29, 0.717) is 11.1 Å². The van der Waals surface area contributed by atoms with Gasteiger partial charge in [-0.1, -0.05) is 25.4 Å². The second-order valence-electron chi connectivity index (χ2n) is 4.76. The Kier molecular flexibility index (Phi) is 6.53. The van der Waals surface area contributed by atoms with E-state index < -0.39 is 0 Å². The first kappa shape index (κ1) is 15.7. The molecule has 5 heteroatoms. The monoisotopic (exact) mass is 282 g/mol. The molecule has 1 heterocycles. The molecule has 0 spiro atoms. The Morgan fingerprint density at radius 3 is 2.89 bits per heavy atom. The third kappa shape index (κ3) is 6.36. The van der Waals surface area contributed by atoms with Crippen molar-refractivity contribution in [2.75, 3.05) is 6.61 Å². The van der Waals surface area contributed by atoms with Crippen molar-refractivity contribution in [3.05, 3.63) is 35.1 Å². The van der Waals surface area contributed by atoms with Crippen LogP contribution in [0.5, 0.6) is 0 Å². The zero-order valence-electron chi connectivity index (χ0n) is 11.1. The number of aromatic nitrogens is 1. The molecule has 0 aliphatic carbocycles. The fourth-order valence-corrected chi connectivity index (χ4v) is 1.87. The van der Waals surface area contributed by atoms with Gasteiger partial charge in [0.25, 0.3) is 0 Å². The lowest BCUT2D eigenvalue weighted by molar-refractivity contribution is -0.117. The van der Waals surface area contributed by atoms with Crippen LogP contribution in [-0.4, -0.2) is 28.6 Å². The summed E-state index contributed by atoms with van der Waals surface area (Å²) in [4.78, 5) is 15.6. The highest BCUT2D eigenvalue weighted by molar-refractivity contribution is 6.29. The minimum Gasteiger partial charge on any atom is -0.394 e. The van der Waals surface area contributed by atoms with Crippen molar-refractivity contribution < 1.29 is 9.90 Å². The standard InChI is InChI=1S/C14H19ClN2O2/c1-10(2)7-12(9-18)17-14(19)4-3-11-5-6-16-13(15)8-11/h3-6,8,10,12,18H,7,9H2,1-2H3,(H,17,19)/b4-3+. The van der Waals surface area contributed by atoms with Crippen LogP contribution in [0.4, 0.5) is 0 Å². The summed E-state index contributed by atoms with van der Waals surface area (Å²) < 4.78 is 0. The summed E-state index contributed by atoms with van der Waals surface area (Å²) in [5.74, 6) is 0.188. The van der Waals surface area contributed by atoms with Crippen LogP contribution in [0.25, 0.3) is 6.08 Å². The Balaban J connectivity index is 2.54. The van der Waals surface area contributed by atoms with Gasteiger partial charge in [-0.2, -0.15) is 0 Å². The van der Waals surface area contributed by atoms with Crippen molar-refractivity contribution in [3.8, 4) is 0 Å². The van der Waals surface area contributed by atoms with Gasteiger partial charge in [-0.05, 0) is 36.1 Å². The predicted molar refractivity (Wildman–Crippen MR) is 76.8 cm³/mol. The maximum Gasteiger partial charge on any atom is 0.244 e. The van der Waals surface area contributed by atoms with Gasteiger partial charge in [-0.25, -0.2) is 4.98 Å². The number of aliphatic hydroxyl groups is 1. The Hall–Kier alpha value is -1.39. The first-order chi connectivity index (χ1) is 9.01. The maximum absolute atomic E-state index is 11.7. The number of hydrogen-bond donors (Lipinski definition) is 2. The SMILES string of the molecule is CC(C)CC(CO)NC(=O)/C=C/c1ccnc(Cl)c1. The van der Waals surface area contributed by atoms with E-state index in [1.165, 1.54) is 6.08 Å². The number of aliphatic hydroxyl groups excluding tert-OH is 1. The van der Waals surface area contributed by atoms with E-state index >= 15 is 0 Å². The number of rotatable bonds is 6. The van der Waals surface area contributed by atoms with Crippen molar-refractivity contribution in [2.45, 2.75) is 26.3 Å². The summed E-state index contributed by atoms with van der Waals surface area (Å²) in [6, 6.07) is 3.22. The molecule has 0 saturated carbocycles. The lowest BCUT2D eigenvalue weighted by Gasteiger charge is -2.17. The lowest BCUT2D eigenvalue weighted by Crippen LogP contribution is -2.37. The number of carbonyl (C=O) groups is 1. The zero-order valence-corrected chi connectivity index (χ0v) is 11.9. The number of amides is 1. The molecule has 0 aliphatic heterocycles. The van der Waals surface area contributed by atoms with Gasteiger partial charge in [0.05, 0.1) is 12.6 Å². The van der Waals surface area contributed by atoms with Gasteiger partial charge in [0.15, 0.2) is 0 Å². The minimum atomic E-state index is -0.229. The quantitative estimate of drug-likeness (QED) is 0.621. The van der Waals surface area contributed by atoms with Gasteiger partial charge in [0.2, 0.25) is 5.91 Å². The van der Waals surface area contributed by atoms with Crippen molar-refractivity contribution in [2.24, 2.45) is 5.92 Å². The third-order valence-electron chi connectivity index (χ3n) is 2.50. The molecule has 0 bridgehead atoms. The number of pyridine rings is 1. The Morgan fingerprint density at radius 1 is 1.58 bits per heavy atom. The second-order valence-corrected chi connectivity index (χ2v) is 5.15. The molecule has 1 amide bonds. The number of carbonyl (C=O) groups excluding carboxylic acids is 1. The Labute approximate surface area is 118 Å². The number of nitrogens with zero attached hydrogens (tertiary/aromatic N) is 1. The fourth-order valence-electron chi connectivity index (χ4n) is 1.69. The highest BCUT2D eigenvalue weighted by Gasteiger charge is 2.11. The second kappa shape index (κ2) is 7.92. The van der Waals surface area contributed by atoms with Crippen LogP contribution in [0.15, 0.2) is 24.4 Å². The molecule has 1 atom stereocenters. The molecule has 0 radical (unpaired) electrons. The molecule has 0 saturated heterocycles. The van der Waals surface area contributed by atoms with Crippen LogP contribution >= 0.6 is 11.6 Å². The van der Waals surface area contributed by atoms with E-state index in [-0.39, 0.29) is 18.6 Å². The summed E-state index contributed by atoms with van der Waals surface area (Å²) in [5, 5.41) is 12.3. The Morgan fingerprint density at radius 2 is 2.32 bits per heavy atom. The predicted octanol–water partition coefficient (Wildman–Crippen LogP) is 2.27. The molecule has 0 aliphatic rings. The summed E-state index contributed by atoms with van der Waals surface area (Å²) in [6.45, 7) is 4.03. The van der Waals surface area contributed by atoms with E-state index in [9.17, 15) is 9.90 Å². The number of nitrogens with one attached hydrogen (secondary N) is 1. The molecule has 4 nitrogen and oxygen atoms in total. The molecule has 104 valence electrons. The van der Waals surface area contributed by atoms with E-state index in [0.717, 1.165) is 12.0 Å². The van der Waals surface area contributed by atoms with E-state index in [1.807, 2.05) is 13.8 Å². The van der Waals surface area contributed by atoms with Crippen molar-refractivity contribution >= 4 is 23.6 Å². The average Bonchev–Trinajstić information content (AvgIpc) is 2.35. The van der Waals surface area contributed by atoms with Crippen molar-refractivity contribution in [1.29, 1.82) is 0 Å². The molecule has 1 unspecified atom stereocenters. The molecule has 1 rings (SSSR count). The summed E-state index contributed by atoms with van der Waals surface area (Å²) >= 11 is 5.75. The topological polar surface area (TPSA) is 62.2 Å². The molecular weight excluding hydrogens is 264 g/mol. The van der Waals surface area contributed by atoms with Crippen molar-refractivity contribution in [3.63, 3.8) is 0 Å². The highest BCUT2D eigenvalue weighted by atomic mass is 35.5. The van der Waals surface area contributed by atoms with E-state index in [1.54, 1.807) is 24.4 Å². The summed E-state index contributed by atoms with van der Waals surface area (Å²) in [5.41, 5.74) is 0.805. The van der Waals surface area contributed by atoms with Crippen LogP contribution < -0.4 is 5.32 Å². The highest BCUT2D eigenvalue weighted by Crippen LogP contribution is 2.08. The molecular formula is C14H19ClN2O2. The normalized spacial score (nSPS) is 12.9. The van der Waals surface area contributed by atoms with E-state index in [2.05, 4.69) is 10.3 Å². The molecule has 19 heavy (non-hydrogen) atoms. The molecule has 1 aromatic rings. The average molecular weight is 283 g/mol. The minimum absolute atomic E-state index is 0.0567. The fraction of sp³-hybridized carbons (Fsp3) is 0.429. The largest absolute Gasteiger partial charge is 0.394 e. The van der Waals surface area contributed by atoms with Gasteiger partial charge in [0, 0.05) is 12.3 Å². The van der Waals surface area contributed by atoms with Gasteiger partial charge >= 0.3 is 0 Å². The van der Waals surface area contributed by atoms with Crippen LogP contribution in [0.1, 0.15) is 25.8 Å². The van der Waals surface area contributed by atoms with Crippen molar-refractivity contribution in [1.82, 2.24) is 10.3 Å². The van der Waals surface area contributed by atoms with Gasteiger partial charge in [-0.3, -0.25) is 4.79 Å².